The normalized spacial score (nSPS) is 20.3. The maximum absolute atomic E-state index is 13.4. The molecule has 1 aliphatic carbocycles. The molecule has 162 valence electrons. The van der Waals surface area contributed by atoms with Gasteiger partial charge in [0.25, 0.3) is 5.91 Å². The molecule has 7 nitrogen and oxygen atoms in total. The summed E-state index contributed by atoms with van der Waals surface area (Å²) >= 11 is 0. The third kappa shape index (κ3) is 3.73. The minimum Gasteiger partial charge on any atom is -0.322 e. The smallest absolute Gasteiger partial charge is 0.256 e. The van der Waals surface area contributed by atoms with Gasteiger partial charge in [0.15, 0.2) is 15.5 Å². The summed E-state index contributed by atoms with van der Waals surface area (Å²) in [6, 6.07) is 7.59. The number of hydrogen-bond donors (Lipinski definition) is 1. The number of aryl methyl sites for hydroxylation is 3. The molecule has 1 saturated carbocycles. The fourth-order valence-corrected chi connectivity index (χ4v) is 6.16. The van der Waals surface area contributed by atoms with E-state index in [1.165, 1.54) is 0 Å². The Bertz CT molecular complexity index is 1320. The van der Waals surface area contributed by atoms with Crippen LogP contribution >= 0.6 is 0 Å². The molecule has 0 radical (unpaired) electrons. The first-order chi connectivity index (χ1) is 14.7. The van der Waals surface area contributed by atoms with Gasteiger partial charge in [0.05, 0.1) is 34.2 Å². The molecule has 8 heteroatoms. The van der Waals surface area contributed by atoms with Crippen LogP contribution in [0.2, 0.25) is 0 Å². The molecule has 1 saturated heterocycles. The average Bonchev–Trinajstić information content (AvgIpc) is 3.43. The SMILES string of the molecule is Cc1ccc(NC(=O)c2cc(C3CC3)nc3c2c(C)nn3C2CCS(=O)(=O)C2)c(C)c1. The molecule has 1 aromatic carbocycles. The van der Waals surface area contributed by atoms with Crippen LogP contribution in [0, 0.1) is 20.8 Å². The third-order valence-corrected chi connectivity index (χ3v) is 8.03. The Morgan fingerprint density at radius 2 is 1.90 bits per heavy atom. The number of nitrogens with zero attached hydrogens (tertiary/aromatic N) is 3. The van der Waals surface area contributed by atoms with Gasteiger partial charge in [0, 0.05) is 17.3 Å². The number of hydrogen-bond acceptors (Lipinski definition) is 5. The first kappa shape index (κ1) is 20.2. The van der Waals surface area contributed by atoms with Crippen LogP contribution in [0.25, 0.3) is 11.0 Å². The summed E-state index contributed by atoms with van der Waals surface area (Å²) in [5.41, 5.74) is 5.68. The lowest BCUT2D eigenvalue weighted by atomic mass is 10.1. The second kappa shape index (κ2) is 7.15. The fourth-order valence-electron chi connectivity index (χ4n) is 4.47. The highest BCUT2D eigenvalue weighted by atomic mass is 32.2. The van der Waals surface area contributed by atoms with E-state index in [9.17, 15) is 13.2 Å². The number of pyridine rings is 1. The molecule has 5 rings (SSSR count). The second-order valence-corrected chi connectivity index (χ2v) is 11.2. The maximum atomic E-state index is 13.4. The molecule has 2 aliphatic rings. The van der Waals surface area contributed by atoms with Gasteiger partial charge in [-0.2, -0.15) is 5.10 Å². The van der Waals surface area contributed by atoms with Gasteiger partial charge in [-0.1, -0.05) is 17.7 Å². The van der Waals surface area contributed by atoms with Crippen molar-refractivity contribution in [3.8, 4) is 0 Å². The standard InChI is InChI=1S/C23H26N4O3S/c1-13-4-7-19(14(2)10-13)25-23(28)18-11-20(16-5-6-16)24-22-21(18)15(3)26-27(22)17-8-9-31(29,30)12-17/h4,7,10-11,16-17H,5-6,8-9,12H2,1-3H3,(H,25,28). The molecule has 3 aromatic rings. The lowest BCUT2D eigenvalue weighted by molar-refractivity contribution is 0.102. The van der Waals surface area contributed by atoms with Crippen molar-refractivity contribution in [1.82, 2.24) is 14.8 Å². The molecule has 1 amide bonds. The Balaban J connectivity index is 1.61. The van der Waals surface area contributed by atoms with Crippen molar-refractivity contribution in [2.75, 3.05) is 16.8 Å². The summed E-state index contributed by atoms with van der Waals surface area (Å²) < 4.78 is 25.8. The Labute approximate surface area is 181 Å². The van der Waals surface area contributed by atoms with Crippen LogP contribution < -0.4 is 5.32 Å². The number of fused-ring (bicyclic) bond motifs is 1. The molecule has 1 atom stereocenters. The fraction of sp³-hybridized carbons (Fsp3) is 0.435. The van der Waals surface area contributed by atoms with E-state index in [4.69, 9.17) is 4.98 Å². The van der Waals surface area contributed by atoms with Crippen molar-refractivity contribution in [3.05, 3.63) is 52.3 Å². The van der Waals surface area contributed by atoms with E-state index >= 15 is 0 Å². The number of sulfone groups is 1. The second-order valence-electron chi connectivity index (χ2n) is 8.93. The Morgan fingerprint density at radius 3 is 2.55 bits per heavy atom. The predicted octanol–water partition coefficient (Wildman–Crippen LogP) is 3.85. The molecule has 1 aliphatic heterocycles. The van der Waals surface area contributed by atoms with E-state index in [1.54, 1.807) is 4.68 Å². The summed E-state index contributed by atoms with van der Waals surface area (Å²) in [7, 11) is -3.06. The van der Waals surface area contributed by atoms with Crippen LogP contribution in [0.1, 0.15) is 64.1 Å². The quantitative estimate of drug-likeness (QED) is 0.668. The molecule has 2 fully saturated rings. The van der Waals surface area contributed by atoms with Gasteiger partial charge >= 0.3 is 0 Å². The summed E-state index contributed by atoms with van der Waals surface area (Å²) in [6.45, 7) is 5.85. The highest BCUT2D eigenvalue weighted by Gasteiger charge is 2.34. The van der Waals surface area contributed by atoms with Crippen molar-refractivity contribution in [2.24, 2.45) is 0 Å². The number of carbonyl (C=O) groups is 1. The molecule has 1 unspecified atom stereocenters. The first-order valence-corrected chi connectivity index (χ1v) is 12.5. The van der Waals surface area contributed by atoms with E-state index in [-0.39, 0.29) is 23.5 Å². The van der Waals surface area contributed by atoms with Gasteiger partial charge in [-0.05, 0) is 57.7 Å². The molecular formula is C23H26N4O3S. The summed E-state index contributed by atoms with van der Waals surface area (Å²) in [6.07, 6.45) is 2.64. The maximum Gasteiger partial charge on any atom is 0.256 e. The summed E-state index contributed by atoms with van der Waals surface area (Å²) in [5, 5.41) is 8.40. The lowest BCUT2D eigenvalue weighted by Gasteiger charge is -2.13. The van der Waals surface area contributed by atoms with Crippen molar-refractivity contribution in [3.63, 3.8) is 0 Å². The Hall–Kier alpha value is -2.74. The summed E-state index contributed by atoms with van der Waals surface area (Å²) in [5.74, 6) is 0.402. The minimum absolute atomic E-state index is 0.0721. The van der Waals surface area contributed by atoms with E-state index in [0.29, 0.717) is 34.6 Å². The highest BCUT2D eigenvalue weighted by Crippen LogP contribution is 2.41. The van der Waals surface area contributed by atoms with Crippen LogP contribution in [0.15, 0.2) is 24.3 Å². The van der Waals surface area contributed by atoms with Crippen molar-refractivity contribution >= 4 is 32.5 Å². The van der Waals surface area contributed by atoms with Crippen molar-refractivity contribution < 1.29 is 13.2 Å². The topological polar surface area (TPSA) is 93.9 Å². The number of anilines is 1. The highest BCUT2D eigenvalue weighted by molar-refractivity contribution is 7.91. The number of benzene rings is 1. The van der Waals surface area contributed by atoms with Gasteiger partial charge < -0.3 is 5.32 Å². The van der Waals surface area contributed by atoms with Crippen molar-refractivity contribution in [2.45, 2.75) is 52.0 Å². The van der Waals surface area contributed by atoms with Crippen LogP contribution in [0.3, 0.4) is 0 Å². The van der Waals surface area contributed by atoms with E-state index in [1.807, 2.05) is 45.0 Å². The largest absolute Gasteiger partial charge is 0.322 e. The zero-order valence-corrected chi connectivity index (χ0v) is 18.8. The Morgan fingerprint density at radius 1 is 1.13 bits per heavy atom. The number of nitrogens with one attached hydrogen (secondary N) is 1. The van der Waals surface area contributed by atoms with Crippen LogP contribution in [0.4, 0.5) is 5.69 Å². The third-order valence-electron chi connectivity index (χ3n) is 6.28. The first-order valence-electron chi connectivity index (χ1n) is 10.7. The van der Waals surface area contributed by atoms with E-state index < -0.39 is 9.84 Å². The van der Waals surface area contributed by atoms with Crippen LogP contribution in [0.5, 0.6) is 0 Å². The number of carbonyl (C=O) groups excluding carboxylic acids is 1. The molecule has 3 heterocycles. The molecule has 1 N–H and O–H groups in total. The van der Waals surface area contributed by atoms with Gasteiger partial charge in [0.1, 0.15) is 0 Å². The van der Waals surface area contributed by atoms with Gasteiger partial charge in [0.2, 0.25) is 0 Å². The molecular weight excluding hydrogens is 412 g/mol. The lowest BCUT2D eigenvalue weighted by Crippen LogP contribution is -2.16. The van der Waals surface area contributed by atoms with E-state index in [2.05, 4.69) is 10.4 Å². The Kier molecular flexibility index (Phi) is 4.66. The molecule has 0 bridgehead atoms. The van der Waals surface area contributed by atoms with Crippen molar-refractivity contribution in [1.29, 1.82) is 0 Å². The predicted molar refractivity (Wildman–Crippen MR) is 120 cm³/mol. The summed E-state index contributed by atoms with van der Waals surface area (Å²) in [4.78, 5) is 18.2. The zero-order valence-electron chi connectivity index (χ0n) is 18.0. The average molecular weight is 439 g/mol. The van der Waals surface area contributed by atoms with Crippen LogP contribution in [-0.4, -0.2) is 40.6 Å². The molecule has 31 heavy (non-hydrogen) atoms. The molecule has 0 spiro atoms. The number of aromatic nitrogens is 3. The van der Waals surface area contributed by atoms with E-state index in [0.717, 1.165) is 35.3 Å². The minimum atomic E-state index is -3.06. The van der Waals surface area contributed by atoms with Crippen LogP contribution in [-0.2, 0) is 9.84 Å². The zero-order chi connectivity index (χ0) is 21.9. The van der Waals surface area contributed by atoms with Gasteiger partial charge in [-0.25, -0.2) is 18.1 Å². The number of amides is 1. The monoisotopic (exact) mass is 438 g/mol. The van der Waals surface area contributed by atoms with Gasteiger partial charge in [-0.15, -0.1) is 0 Å². The number of rotatable bonds is 4. The molecule has 2 aromatic heterocycles. The van der Waals surface area contributed by atoms with Gasteiger partial charge in [-0.3, -0.25) is 4.79 Å².